The van der Waals surface area contributed by atoms with E-state index in [0.29, 0.717) is 16.5 Å². The van der Waals surface area contributed by atoms with Crippen LogP contribution in [0.15, 0.2) is 63.9 Å². The number of ether oxygens (including phenoxy) is 1. The Morgan fingerprint density at radius 3 is 2.45 bits per heavy atom. The quantitative estimate of drug-likeness (QED) is 0.286. The number of halogens is 1. The average Bonchev–Trinajstić information content (AvgIpc) is 3.24. The fourth-order valence-electron chi connectivity index (χ4n) is 2.79. The molecule has 0 saturated carbocycles. The molecule has 0 atom stereocenters. The van der Waals surface area contributed by atoms with E-state index in [0.717, 1.165) is 30.0 Å². The van der Waals surface area contributed by atoms with Crippen LogP contribution in [0.25, 0.3) is 11.3 Å². The second-order valence-electron chi connectivity index (χ2n) is 6.84. The van der Waals surface area contributed by atoms with Crippen molar-refractivity contribution >= 4 is 39.0 Å². The Balaban J connectivity index is 1.56. The number of nitrogens with zero attached hydrogens (tertiary/aromatic N) is 1. The first kappa shape index (κ1) is 24.0. The molecule has 0 fully saturated rings. The predicted octanol–water partition coefficient (Wildman–Crippen LogP) is 3.38. The second kappa shape index (κ2) is 9.84. The van der Waals surface area contributed by atoms with E-state index in [2.05, 4.69) is 5.32 Å². The summed E-state index contributed by atoms with van der Waals surface area (Å²) in [6.45, 7) is -0.607. The molecule has 2 aromatic carbocycles. The first-order chi connectivity index (χ1) is 15.5. The molecule has 1 heterocycles. The van der Waals surface area contributed by atoms with Crippen molar-refractivity contribution in [2.75, 3.05) is 12.9 Å². The molecule has 3 aromatic rings. The first-order valence-electron chi connectivity index (χ1n) is 9.31. The van der Waals surface area contributed by atoms with Crippen molar-refractivity contribution in [3.63, 3.8) is 0 Å². The van der Waals surface area contributed by atoms with Crippen LogP contribution in [0, 0.1) is 10.1 Å². The maximum atomic E-state index is 12.1. The molecule has 33 heavy (non-hydrogen) atoms. The number of amides is 1. The highest BCUT2D eigenvalue weighted by Crippen LogP contribution is 2.26. The molecule has 1 aromatic heterocycles. The third-order valence-corrected chi connectivity index (χ3v) is 5.77. The van der Waals surface area contributed by atoms with E-state index in [-0.39, 0.29) is 12.1 Å². The highest BCUT2D eigenvalue weighted by atomic mass is 35.5. The van der Waals surface area contributed by atoms with Crippen molar-refractivity contribution in [1.82, 2.24) is 5.32 Å². The molecule has 3 rings (SSSR count). The van der Waals surface area contributed by atoms with Crippen molar-refractivity contribution < 1.29 is 32.1 Å². The highest BCUT2D eigenvalue weighted by molar-refractivity contribution is 7.90. The summed E-state index contributed by atoms with van der Waals surface area (Å²) in [5.41, 5.74) is -0.215. The smallest absolute Gasteiger partial charge is 0.338 e. The Morgan fingerprint density at radius 2 is 1.82 bits per heavy atom. The number of nitrogens with one attached hydrogen (secondary N) is 1. The number of hydrogen-bond donors (Lipinski definition) is 1. The van der Waals surface area contributed by atoms with Crippen molar-refractivity contribution in [3.05, 3.63) is 81.1 Å². The van der Waals surface area contributed by atoms with Crippen LogP contribution in [-0.4, -0.2) is 38.1 Å². The average molecular weight is 493 g/mol. The minimum Gasteiger partial charge on any atom is -0.459 e. The fraction of sp³-hybridized carbons (Fsp3) is 0.143. The van der Waals surface area contributed by atoms with Crippen molar-refractivity contribution in [2.24, 2.45) is 0 Å². The van der Waals surface area contributed by atoms with Crippen LogP contribution in [0.4, 0.5) is 5.69 Å². The number of carbonyl (C=O) groups is 2. The predicted molar refractivity (Wildman–Crippen MR) is 117 cm³/mol. The van der Waals surface area contributed by atoms with Gasteiger partial charge in [-0.05, 0) is 48.5 Å². The van der Waals surface area contributed by atoms with Gasteiger partial charge in [-0.25, -0.2) is 13.2 Å². The van der Waals surface area contributed by atoms with E-state index < -0.39 is 43.8 Å². The van der Waals surface area contributed by atoms with E-state index in [1.165, 1.54) is 0 Å². The van der Waals surface area contributed by atoms with Crippen LogP contribution in [0.1, 0.15) is 16.1 Å². The number of esters is 1. The van der Waals surface area contributed by atoms with Gasteiger partial charge in [-0.2, -0.15) is 0 Å². The van der Waals surface area contributed by atoms with Crippen molar-refractivity contribution in [1.29, 1.82) is 0 Å². The normalized spacial score (nSPS) is 11.1. The fourth-order valence-corrected chi connectivity index (χ4v) is 3.75. The molecule has 172 valence electrons. The van der Waals surface area contributed by atoms with Gasteiger partial charge in [0.25, 0.3) is 11.6 Å². The Hall–Kier alpha value is -3.70. The Morgan fingerprint density at radius 1 is 1.12 bits per heavy atom. The van der Waals surface area contributed by atoms with E-state index in [4.69, 9.17) is 20.8 Å². The summed E-state index contributed by atoms with van der Waals surface area (Å²) in [5, 5.41) is 14.3. The largest absolute Gasteiger partial charge is 0.459 e. The van der Waals surface area contributed by atoms with Crippen LogP contribution in [-0.2, 0) is 25.9 Å². The number of nitro groups is 1. The van der Waals surface area contributed by atoms with Gasteiger partial charge in [0.1, 0.15) is 16.4 Å². The van der Waals surface area contributed by atoms with Gasteiger partial charge in [0, 0.05) is 22.9 Å². The second-order valence-corrected chi connectivity index (χ2v) is 9.26. The lowest BCUT2D eigenvalue weighted by atomic mass is 10.2. The standard InChI is InChI=1S/C21H17ClN2O8S/c1-33(29,30)19-9-4-14(10-17(19)24(27)28)21(26)31-12-20(25)23-11-16-7-8-18(32-16)13-2-5-15(22)6-3-13/h2-10H,11-12H2,1H3,(H,23,25). The summed E-state index contributed by atoms with van der Waals surface area (Å²) in [5.74, 6) is -0.598. The van der Waals surface area contributed by atoms with E-state index in [9.17, 15) is 28.1 Å². The summed E-state index contributed by atoms with van der Waals surface area (Å²) in [7, 11) is -3.87. The minimum atomic E-state index is -3.87. The monoisotopic (exact) mass is 492 g/mol. The first-order valence-corrected chi connectivity index (χ1v) is 11.6. The minimum absolute atomic E-state index is 0.0402. The third kappa shape index (κ3) is 6.18. The van der Waals surface area contributed by atoms with Gasteiger partial charge in [0.05, 0.1) is 17.0 Å². The molecular formula is C21H17ClN2O8S. The number of sulfone groups is 1. The van der Waals surface area contributed by atoms with Gasteiger partial charge in [-0.1, -0.05) is 11.6 Å². The number of hydrogen-bond acceptors (Lipinski definition) is 8. The van der Waals surface area contributed by atoms with Gasteiger partial charge in [-0.3, -0.25) is 14.9 Å². The van der Waals surface area contributed by atoms with E-state index in [1.807, 2.05) is 0 Å². The SMILES string of the molecule is CS(=O)(=O)c1ccc(C(=O)OCC(=O)NCc2ccc(-c3ccc(Cl)cc3)o2)cc1[N+](=O)[O-]. The zero-order chi connectivity index (χ0) is 24.2. The van der Waals surface area contributed by atoms with Crippen LogP contribution in [0.2, 0.25) is 5.02 Å². The molecule has 10 nitrogen and oxygen atoms in total. The maximum absolute atomic E-state index is 12.1. The molecule has 0 bridgehead atoms. The van der Waals surface area contributed by atoms with Crippen molar-refractivity contribution in [2.45, 2.75) is 11.4 Å². The van der Waals surface area contributed by atoms with Crippen LogP contribution in [0.5, 0.6) is 0 Å². The lowest BCUT2D eigenvalue weighted by molar-refractivity contribution is -0.387. The molecule has 0 aliphatic rings. The van der Waals surface area contributed by atoms with Gasteiger partial charge >= 0.3 is 5.97 Å². The summed E-state index contributed by atoms with van der Waals surface area (Å²) < 4.78 is 33.8. The molecule has 1 amide bonds. The zero-order valence-electron chi connectivity index (χ0n) is 17.1. The molecule has 0 spiro atoms. The zero-order valence-corrected chi connectivity index (χ0v) is 18.7. The highest BCUT2D eigenvalue weighted by Gasteiger charge is 2.24. The lowest BCUT2D eigenvalue weighted by Gasteiger charge is -2.07. The Bertz CT molecular complexity index is 1320. The van der Waals surface area contributed by atoms with E-state index in [1.54, 1.807) is 36.4 Å². The summed E-state index contributed by atoms with van der Waals surface area (Å²) in [6.07, 6.45) is 0.815. The number of carbonyl (C=O) groups excluding carboxylic acids is 2. The number of rotatable bonds is 8. The van der Waals surface area contributed by atoms with Gasteiger partial charge in [0.15, 0.2) is 16.4 Å². The van der Waals surface area contributed by atoms with Crippen LogP contribution >= 0.6 is 11.6 Å². The topological polar surface area (TPSA) is 146 Å². The molecule has 0 radical (unpaired) electrons. The Kier molecular flexibility index (Phi) is 7.14. The molecule has 0 saturated heterocycles. The molecule has 1 N–H and O–H groups in total. The van der Waals surface area contributed by atoms with Crippen LogP contribution < -0.4 is 5.32 Å². The Labute approximate surface area is 193 Å². The number of nitro benzene ring substituents is 1. The summed E-state index contributed by atoms with van der Waals surface area (Å²) in [4.78, 5) is 33.8. The lowest BCUT2D eigenvalue weighted by Crippen LogP contribution is -2.28. The van der Waals surface area contributed by atoms with E-state index >= 15 is 0 Å². The molecular weight excluding hydrogens is 476 g/mol. The van der Waals surface area contributed by atoms with Gasteiger partial charge < -0.3 is 14.5 Å². The summed E-state index contributed by atoms with van der Waals surface area (Å²) >= 11 is 5.86. The number of benzene rings is 2. The van der Waals surface area contributed by atoms with Gasteiger partial charge in [0.2, 0.25) is 0 Å². The molecule has 0 aliphatic heterocycles. The molecule has 12 heteroatoms. The van der Waals surface area contributed by atoms with Crippen LogP contribution in [0.3, 0.4) is 0 Å². The maximum Gasteiger partial charge on any atom is 0.338 e. The summed E-state index contributed by atoms with van der Waals surface area (Å²) in [6, 6.07) is 13.2. The van der Waals surface area contributed by atoms with Crippen molar-refractivity contribution in [3.8, 4) is 11.3 Å². The van der Waals surface area contributed by atoms with Gasteiger partial charge in [-0.15, -0.1) is 0 Å². The molecule has 0 aliphatic carbocycles. The number of furan rings is 1. The molecule has 0 unspecified atom stereocenters. The third-order valence-electron chi connectivity index (χ3n) is 4.38.